The zero-order valence-electron chi connectivity index (χ0n) is 25.1. The van der Waals surface area contributed by atoms with E-state index < -0.39 is 41.1 Å². The monoisotopic (exact) mass is 596 g/mol. The second kappa shape index (κ2) is 10.3. The van der Waals surface area contributed by atoms with Crippen LogP contribution in [-0.2, 0) is 21.4 Å². The Morgan fingerprint density at radius 3 is 2.64 bits per heavy atom. The fourth-order valence-electron chi connectivity index (χ4n) is 6.75. The van der Waals surface area contributed by atoms with Crippen molar-refractivity contribution in [2.45, 2.75) is 76.3 Å². The number of amides is 2. The lowest BCUT2D eigenvalue weighted by Crippen LogP contribution is -2.55. The molecule has 3 aliphatic heterocycles. The number of furan rings is 1. The summed E-state index contributed by atoms with van der Waals surface area (Å²) in [5.41, 5.74) is 1.58. The largest absolute Gasteiger partial charge is 0.469 e. The van der Waals surface area contributed by atoms with Crippen LogP contribution < -0.4 is 20.7 Å². The van der Waals surface area contributed by atoms with Gasteiger partial charge in [-0.25, -0.2) is 4.98 Å². The van der Waals surface area contributed by atoms with Gasteiger partial charge in [-0.1, -0.05) is 58.0 Å². The van der Waals surface area contributed by atoms with Crippen LogP contribution in [0.15, 0.2) is 69.7 Å². The molecule has 4 N–H and O–H groups in total. The molecule has 10 heteroatoms. The molecular formula is C34H36N4O6. The van der Waals surface area contributed by atoms with E-state index >= 15 is 0 Å². The number of carbonyl (C=O) groups excluding carboxylic acids is 2. The standard InChI is InChI=1S/C34H36N4O6/c1-5-33(41,6-2)31(40)35-23-17-19-13-14-24-21(16-19)34(20-10-7-8-11-22(20)36-32(34)43-24)28-27(25-12-9-15-42-25)38-30(44-28)26(18(3)4)37-29(23)39/h7-16,18,23,26,32,36,41H,5-6,17H2,1-4H3,(H,35,40)(H,37,39)/t23-,26-,32-,34?/m0/s1. The second-order valence-corrected chi connectivity index (χ2v) is 12.2. The van der Waals surface area contributed by atoms with Crippen molar-refractivity contribution in [1.29, 1.82) is 0 Å². The SMILES string of the molecule is CCC(O)(CC)C(=O)N[C@H]1Cc2ccc3c(c2)C2(c4ccccc4N[C@H]2O3)c2oc(nc2-c2ccco2)[C@H](C(C)C)NC1=O. The summed E-state index contributed by atoms with van der Waals surface area (Å²) in [7, 11) is 0. The number of nitrogens with zero attached hydrogens (tertiary/aromatic N) is 1. The normalized spacial score (nSPS) is 23.5. The number of ether oxygens (including phenoxy) is 1. The first-order chi connectivity index (χ1) is 21.2. The van der Waals surface area contributed by atoms with Crippen molar-refractivity contribution in [2.24, 2.45) is 5.92 Å². The summed E-state index contributed by atoms with van der Waals surface area (Å²) in [5.74, 6) is 0.992. The molecule has 7 rings (SSSR count). The van der Waals surface area contributed by atoms with Crippen molar-refractivity contribution in [2.75, 3.05) is 5.32 Å². The molecule has 1 unspecified atom stereocenters. The number of para-hydroxylation sites is 1. The molecule has 0 aliphatic carbocycles. The van der Waals surface area contributed by atoms with Crippen molar-refractivity contribution >= 4 is 17.5 Å². The molecule has 3 aliphatic rings. The van der Waals surface area contributed by atoms with E-state index in [9.17, 15) is 14.7 Å². The van der Waals surface area contributed by atoms with Gasteiger partial charge in [-0.3, -0.25) is 9.59 Å². The Kier molecular flexibility index (Phi) is 6.58. The predicted octanol–water partition coefficient (Wildman–Crippen LogP) is 4.82. The summed E-state index contributed by atoms with van der Waals surface area (Å²) in [5, 5.41) is 20.5. The Bertz CT molecular complexity index is 1740. The lowest BCUT2D eigenvalue weighted by atomic mass is 9.72. The van der Waals surface area contributed by atoms with E-state index in [1.54, 1.807) is 26.2 Å². The molecule has 44 heavy (non-hydrogen) atoms. The Hall–Kier alpha value is -4.57. The van der Waals surface area contributed by atoms with Crippen LogP contribution in [0.25, 0.3) is 11.5 Å². The quantitative estimate of drug-likeness (QED) is 0.249. The predicted molar refractivity (Wildman–Crippen MR) is 162 cm³/mol. The molecule has 10 nitrogen and oxygen atoms in total. The summed E-state index contributed by atoms with van der Waals surface area (Å²) < 4.78 is 19.3. The van der Waals surface area contributed by atoms with Gasteiger partial charge in [0, 0.05) is 17.7 Å². The summed E-state index contributed by atoms with van der Waals surface area (Å²) in [6.07, 6.45) is 1.71. The average molecular weight is 597 g/mol. The van der Waals surface area contributed by atoms with E-state index in [1.165, 1.54) is 0 Å². The van der Waals surface area contributed by atoms with Gasteiger partial charge in [0.15, 0.2) is 17.7 Å². The number of benzene rings is 2. The van der Waals surface area contributed by atoms with Crippen LogP contribution in [0, 0.1) is 5.92 Å². The molecule has 0 saturated heterocycles. The van der Waals surface area contributed by atoms with Crippen LogP contribution in [0.2, 0.25) is 0 Å². The van der Waals surface area contributed by atoms with Crippen LogP contribution in [0.4, 0.5) is 5.69 Å². The smallest absolute Gasteiger partial charge is 0.252 e. The minimum atomic E-state index is -1.58. The molecule has 2 aromatic heterocycles. The topological polar surface area (TPSA) is 139 Å². The minimum Gasteiger partial charge on any atom is -0.469 e. The van der Waals surface area contributed by atoms with Crippen molar-refractivity contribution in [3.8, 4) is 17.2 Å². The van der Waals surface area contributed by atoms with Gasteiger partial charge < -0.3 is 34.6 Å². The van der Waals surface area contributed by atoms with Gasteiger partial charge in [-0.15, -0.1) is 0 Å². The number of fused-ring (bicyclic) bond motifs is 4. The molecule has 0 fully saturated rings. The van der Waals surface area contributed by atoms with Gasteiger partial charge in [0.2, 0.25) is 11.8 Å². The molecule has 1 spiro atoms. The Labute approximate surface area is 255 Å². The highest BCUT2D eigenvalue weighted by atomic mass is 16.5. The van der Waals surface area contributed by atoms with Crippen molar-refractivity contribution < 1.29 is 28.3 Å². The first-order valence-corrected chi connectivity index (χ1v) is 15.2. The van der Waals surface area contributed by atoms with E-state index in [4.69, 9.17) is 18.6 Å². The Morgan fingerprint density at radius 1 is 1.11 bits per heavy atom. The van der Waals surface area contributed by atoms with E-state index in [-0.39, 0.29) is 25.2 Å². The van der Waals surface area contributed by atoms with Gasteiger partial charge in [-0.05, 0) is 54.2 Å². The second-order valence-electron chi connectivity index (χ2n) is 12.2. The van der Waals surface area contributed by atoms with Crippen LogP contribution in [0.5, 0.6) is 5.75 Å². The molecule has 5 heterocycles. The Morgan fingerprint density at radius 2 is 1.91 bits per heavy atom. The third-order valence-electron chi connectivity index (χ3n) is 9.39. The average Bonchev–Trinajstić information content (AvgIpc) is 3.80. The molecule has 4 aromatic rings. The van der Waals surface area contributed by atoms with Crippen LogP contribution >= 0.6 is 0 Å². The zero-order valence-corrected chi connectivity index (χ0v) is 25.1. The zero-order chi connectivity index (χ0) is 30.8. The lowest BCUT2D eigenvalue weighted by Gasteiger charge is -2.30. The van der Waals surface area contributed by atoms with E-state index in [0.29, 0.717) is 28.9 Å². The highest BCUT2D eigenvalue weighted by Gasteiger charge is 2.61. The van der Waals surface area contributed by atoms with Crippen LogP contribution in [-0.4, -0.2) is 39.8 Å². The number of aromatic nitrogens is 1. The molecule has 4 atom stereocenters. The Balaban J connectivity index is 1.47. The number of hydrogen-bond donors (Lipinski definition) is 4. The number of carbonyl (C=O) groups is 2. The third-order valence-corrected chi connectivity index (χ3v) is 9.39. The molecule has 0 saturated carbocycles. The van der Waals surface area contributed by atoms with E-state index in [1.807, 2.05) is 56.3 Å². The van der Waals surface area contributed by atoms with Crippen molar-refractivity contribution in [1.82, 2.24) is 15.6 Å². The van der Waals surface area contributed by atoms with Gasteiger partial charge in [0.1, 0.15) is 34.5 Å². The summed E-state index contributed by atoms with van der Waals surface area (Å²) in [6, 6.07) is 15.9. The lowest BCUT2D eigenvalue weighted by molar-refractivity contribution is -0.143. The summed E-state index contributed by atoms with van der Waals surface area (Å²) >= 11 is 0. The number of rotatable bonds is 6. The summed E-state index contributed by atoms with van der Waals surface area (Å²) in [4.78, 5) is 32.3. The maximum Gasteiger partial charge on any atom is 0.252 e. The first-order valence-electron chi connectivity index (χ1n) is 15.2. The third kappa shape index (κ3) is 4.07. The van der Waals surface area contributed by atoms with E-state index in [0.717, 1.165) is 22.4 Å². The van der Waals surface area contributed by atoms with Gasteiger partial charge in [0.25, 0.3) is 5.91 Å². The first kappa shape index (κ1) is 28.2. The van der Waals surface area contributed by atoms with Crippen LogP contribution in [0.1, 0.15) is 74.9 Å². The molecule has 4 bridgehead atoms. The number of aliphatic hydroxyl groups is 1. The van der Waals surface area contributed by atoms with Crippen LogP contribution in [0.3, 0.4) is 0 Å². The molecule has 0 radical (unpaired) electrons. The molecule has 2 aromatic carbocycles. The number of hydrogen-bond acceptors (Lipinski definition) is 8. The number of nitrogens with one attached hydrogen (secondary N) is 3. The number of anilines is 1. The fourth-order valence-corrected chi connectivity index (χ4v) is 6.75. The van der Waals surface area contributed by atoms with Crippen molar-refractivity contribution in [3.63, 3.8) is 0 Å². The molecule has 228 valence electrons. The van der Waals surface area contributed by atoms with Gasteiger partial charge >= 0.3 is 0 Å². The maximum atomic E-state index is 14.0. The van der Waals surface area contributed by atoms with E-state index in [2.05, 4.69) is 22.0 Å². The highest BCUT2D eigenvalue weighted by molar-refractivity contribution is 5.91. The summed E-state index contributed by atoms with van der Waals surface area (Å²) in [6.45, 7) is 7.44. The molecule has 2 amide bonds. The van der Waals surface area contributed by atoms with Gasteiger partial charge in [-0.2, -0.15) is 0 Å². The van der Waals surface area contributed by atoms with Crippen molar-refractivity contribution in [3.05, 3.63) is 89.2 Å². The number of oxazole rings is 1. The highest BCUT2D eigenvalue weighted by Crippen LogP contribution is 2.59. The minimum absolute atomic E-state index is 0.118. The molecular weight excluding hydrogens is 560 g/mol. The van der Waals surface area contributed by atoms with Gasteiger partial charge in [0.05, 0.1) is 6.26 Å². The fraction of sp³-hybridized carbons (Fsp3) is 0.382. The maximum absolute atomic E-state index is 14.0.